The van der Waals surface area contributed by atoms with Crippen molar-refractivity contribution in [1.82, 2.24) is 9.38 Å². The first-order valence-corrected chi connectivity index (χ1v) is 8.75. The van der Waals surface area contributed by atoms with Crippen molar-refractivity contribution >= 4 is 17.1 Å². The molecular weight excluding hydrogens is 342 g/mol. The molecule has 0 saturated carbocycles. The molecule has 1 amide bonds. The van der Waals surface area contributed by atoms with Crippen molar-refractivity contribution in [3.63, 3.8) is 0 Å². The Bertz CT molecular complexity index is 986. The fourth-order valence-electron chi connectivity index (χ4n) is 3.03. The number of benzene rings is 1. The molecule has 0 bridgehead atoms. The van der Waals surface area contributed by atoms with Crippen LogP contribution in [0.3, 0.4) is 0 Å². The largest absolute Gasteiger partial charge is 0.493 e. The van der Waals surface area contributed by atoms with Crippen LogP contribution in [0.4, 0.5) is 5.69 Å². The van der Waals surface area contributed by atoms with Gasteiger partial charge in [0.2, 0.25) is 0 Å². The fourth-order valence-corrected chi connectivity index (χ4v) is 3.03. The van der Waals surface area contributed by atoms with Crippen LogP contribution in [-0.4, -0.2) is 36.6 Å². The molecule has 0 aliphatic rings. The smallest absolute Gasteiger partial charge is 0.278 e. The number of aromatic nitrogens is 2. The van der Waals surface area contributed by atoms with Crippen LogP contribution in [0.2, 0.25) is 0 Å². The van der Waals surface area contributed by atoms with E-state index in [1.807, 2.05) is 34.9 Å². The maximum atomic E-state index is 13.2. The van der Waals surface area contributed by atoms with Gasteiger partial charge in [-0.1, -0.05) is 26.8 Å². The molecule has 6 nitrogen and oxygen atoms in total. The number of amides is 1. The predicted octanol–water partition coefficient (Wildman–Crippen LogP) is 3.93. The standard InChI is InChI=1S/C21H25N3O3/c1-21(2,3)20-22-18(15-9-7-8-12-24(15)20)19(25)23(4)14-10-11-16(26-5)17(13-14)27-6/h7-13H,1-6H3. The quantitative estimate of drug-likeness (QED) is 0.701. The van der Waals surface area contributed by atoms with Gasteiger partial charge in [-0.05, 0) is 24.3 Å². The zero-order chi connectivity index (χ0) is 19.8. The number of carbonyl (C=O) groups is 1. The van der Waals surface area contributed by atoms with Gasteiger partial charge in [0, 0.05) is 30.4 Å². The van der Waals surface area contributed by atoms with Gasteiger partial charge in [0.25, 0.3) is 5.91 Å². The summed E-state index contributed by atoms with van der Waals surface area (Å²) in [5.74, 6) is 1.85. The molecule has 3 aromatic rings. The van der Waals surface area contributed by atoms with E-state index in [1.165, 1.54) is 0 Å². The SMILES string of the molecule is COc1ccc(N(C)C(=O)c2nc(C(C)(C)C)n3ccccc23)cc1OC. The van der Waals surface area contributed by atoms with Gasteiger partial charge in [-0.15, -0.1) is 0 Å². The molecule has 1 aromatic carbocycles. The molecule has 6 heteroatoms. The lowest BCUT2D eigenvalue weighted by molar-refractivity contribution is 0.0990. The summed E-state index contributed by atoms with van der Waals surface area (Å²) < 4.78 is 12.6. The van der Waals surface area contributed by atoms with E-state index in [0.717, 1.165) is 11.3 Å². The monoisotopic (exact) mass is 367 g/mol. The minimum absolute atomic E-state index is 0.179. The number of carbonyl (C=O) groups excluding carboxylic acids is 1. The topological polar surface area (TPSA) is 56.1 Å². The molecule has 0 fully saturated rings. The van der Waals surface area contributed by atoms with E-state index in [4.69, 9.17) is 14.5 Å². The third-order valence-electron chi connectivity index (χ3n) is 4.48. The molecule has 0 radical (unpaired) electrons. The maximum absolute atomic E-state index is 13.2. The average molecular weight is 367 g/mol. The lowest BCUT2D eigenvalue weighted by atomic mass is 9.96. The molecule has 0 saturated heterocycles. The van der Waals surface area contributed by atoms with Crippen molar-refractivity contribution in [3.8, 4) is 11.5 Å². The van der Waals surface area contributed by atoms with Gasteiger partial charge in [-0.25, -0.2) is 4.98 Å². The molecule has 0 spiro atoms. The second-order valence-electron chi connectivity index (χ2n) is 7.39. The van der Waals surface area contributed by atoms with Crippen LogP contribution in [-0.2, 0) is 5.41 Å². The number of pyridine rings is 1. The first-order chi connectivity index (χ1) is 12.8. The number of anilines is 1. The first kappa shape index (κ1) is 18.8. The highest BCUT2D eigenvalue weighted by atomic mass is 16.5. The maximum Gasteiger partial charge on any atom is 0.278 e. The number of ether oxygens (including phenoxy) is 2. The van der Waals surface area contributed by atoms with Crippen molar-refractivity contribution in [2.75, 3.05) is 26.2 Å². The number of nitrogens with zero attached hydrogens (tertiary/aromatic N) is 3. The lowest BCUT2D eigenvalue weighted by Gasteiger charge is -2.18. The normalized spacial score (nSPS) is 11.5. The Labute approximate surface area is 159 Å². The van der Waals surface area contributed by atoms with Crippen molar-refractivity contribution in [2.24, 2.45) is 0 Å². The third kappa shape index (κ3) is 3.35. The fraction of sp³-hybridized carbons (Fsp3) is 0.333. The Morgan fingerprint density at radius 2 is 1.78 bits per heavy atom. The second kappa shape index (κ2) is 6.95. The molecule has 0 aliphatic carbocycles. The summed E-state index contributed by atoms with van der Waals surface area (Å²) in [5.41, 5.74) is 1.73. The van der Waals surface area contributed by atoms with Crippen LogP contribution in [0.15, 0.2) is 42.6 Å². The zero-order valence-electron chi connectivity index (χ0n) is 16.6. The summed E-state index contributed by atoms with van der Waals surface area (Å²) in [4.78, 5) is 19.5. The Kier molecular flexibility index (Phi) is 4.83. The van der Waals surface area contributed by atoms with Crippen LogP contribution in [0.5, 0.6) is 11.5 Å². The molecule has 2 aromatic heterocycles. The van der Waals surface area contributed by atoms with Crippen molar-refractivity contribution in [3.05, 3.63) is 54.1 Å². The molecule has 0 N–H and O–H groups in total. The molecular formula is C21H25N3O3. The highest BCUT2D eigenvalue weighted by Gasteiger charge is 2.27. The number of hydrogen-bond donors (Lipinski definition) is 0. The third-order valence-corrected chi connectivity index (χ3v) is 4.48. The van der Waals surface area contributed by atoms with E-state index in [2.05, 4.69) is 20.8 Å². The molecule has 2 heterocycles. The second-order valence-corrected chi connectivity index (χ2v) is 7.39. The highest BCUT2D eigenvalue weighted by Crippen LogP contribution is 2.32. The summed E-state index contributed by atoms with van der Waals surface area (Å²) in [6.07, 6.45) is 1.94. The van der Waals surface area contributed by atoms with Crippen LogP contribution < -0.4 is 14.4 Å². The van der Waals surface area contributed by atoms with E-state index in [9.17, 15) is 4.79 Å². The molecule has 27 heavy (non-hydrogen) atoms. The van der Waals surface area contributed by atoms with Gasteiger partial charge in [0.1, 0.15) is 5.82 Å². The Morgan fingerprint density at radius 1 is 1.07 bits per heavy atom. The Balaban J connectivity index is 2.06. The summed E-state index contributed by atoms with van der Waals surface area (Å²) in [5, 5.41) is 0. The molecule has 0 aliphatic heterocycles. The minimum Gasteiger partial charge on any atom is -0.493 e. The summed E-state index contributed by atoms with van der Waals surface area (Å²) in [7, 11) is 4.88. The number of imidazole rings is 1. The van der Waals surface area contributed by atoms with E-state index in [-0.39, 0.29) is 11.3 Å². The van der Waals surface area contributed by atoms with Gasteiger partial charge in [0.15, 0.2) is 17.2 Å². The lowest BCUT2D eigenvalue weighted by Crippen LogP contribution is -2.27. The summed E-state index contributed by atoms with van der Waals surface area (Å²) in [6.45, 7) is 6.25. The minimum atomic E-state index is -0.190. The highest BCUT2D eigenvalue weighted by molar-refractivity contribution is 6.09. The van der Waals surface area contributed by atoms with Gasteiger partial charge in [0.05, 0.1) is 19.7 Å². The Morgan fingerprint density at radius 3 is 2.41 bits per heavy atom. The van der Waals surface area contributed by atoms with E-state index >= 15 is 0 Å². The van der Waals surface area contributed by atoms with E-state index in [0.29, 0.717) is 22.9 Å². The van der Waals surface area contributed by atoms with Crippen LogP contribution in [0, 0.1) is 0 Å². The molecule has 3 rings (SSSR count). The predicted molar refractivity (Wildman–Crippen MR) is 106 cm³/mol. The molecule has 0 atom stereocenters. The molecule has 0 unspecified atom stereocenters. The van der Waals surface area contributed by atoms with Gasteiger partial charge < -0.3 is 18.8 Å². The summed E-state index contributed by atoms with van der Waals surface area (Å²) >= 11 is 0. The molecule has 142 valence electrons. The van der Waals surface area contributed by atoms with Crippen LogP contribution >= 0.6 is 0 Å². The van der Waals surface area contributed by atoms with Gasteiger partial charge in [-0.2, -0.15) is 0 Å². The van der Waals surface area contributed by atoms with Gasteiger partial charge >= 0.3 is 0 Å². The number of rotatable bonds is 4. The van der Waals surface area contributed by atoms with Crippen LogP contribution in [0.1, 0.15) is 37.1 Å². The first-order valence-electron chi connectivity index (χ1n) is 8.75. The Hall–Kier alpha value is -3.02. The summed E-state index contributed by atoms with van der Waals surface area (Å²) in [6, 6.07) is 11.1. The number of methoxy groups -OCH3 is 2. The van der Waals surface area contributed by atoms with E-state index < -0.39 is 0 Å². The number of hydrogen-bond acceptors (Lipinski definition) is 4. The average Bonchev–Trinajstić information content (AvgIpc) is 3.06. The van der Waals surface area contributed by atoms with Crippen molar-refractivity contribution < 1.29 is 14.3 Å². The van der Waals surface area contributed by atoms with Crippen LogP contribution in [0.25, 0.3) is 5.52 Å². The number of fused-ring (bicyclic) bond motifs is 1. The zero-order valence-corrected chi connectivity index (χ0v) is 16.6. The van der Waals surface area contributed by atoms with Gasteiger partial charge in [-0.3, -0.25) is 4.79 Å². The van der Waals surface area contributed by atoms with Crippen molar-refractivity contribution in [1.29, 1.82) is 0 Å². The van der Waals surface area contributed by atoms with Crippen molar-refractivity contribution in [2.45, 2.75) is 26.2 Å². The van der Waals surface area contributed by atoms with E-state index in [1.54, 1.807) is 38.3 Å².